The van der Waals surface area contributed by atoms with E-state index in [1.165, 1.54) is 32.1 Å². The van der Waals surface area contributed by atoms with E-state index < -0.39 is 35.6 Å². The predicted molar refractivity (Wildman–Crippen MR) is 139 cm³/mol. The Bertz CT molecular complexity index is 1020. The van der Waals surface area contributed by atoms with Gasteiger partial charge in [-0.25, -0.2) is 4.39 Å². The molecule has 6 rings (SSSR count). The zero-order valence-corrected chi connectivity index (χ0v) is 23.6. The maximum absolute atomic E-state index is 13.7. The highest BCUT2D eigenvalue weighted by Gasteiger charge is 2.78. The molecule has 1 aliphatic heterocycles. The SMILES string of the molecule is CC1(C)CCCC2(C)C1CCC1(C)C2CCC2C3C(C(=O)O)(CCC34C(O)CN4C(=O)CF)CC[C@]21C. The van der Waals surface area contributed by atoms with E-state index in [2.05, 4.69) is 34.6 Å². The molecule has 5 aliphatic carbocycles. The van der Waals surface area contributed by atoms with Crippen molar-refractivity contribution in [1.82, 2.24) is 4.90 Å². The Morgan fingerprint density at radius 1 is 0.865 bits per heavy atom. The van der Waals surface area contributed by atoms with Crippen LogP contribution in [0.1, 0.15) is 105 Å². The van der Waals surface area contributed by atoms with Gasteiger partial charge in [0.15, 0.2) is 6.67 Å². The molecule has 1 amide bonds. The predicted octanol–water partition coefficient (Wildman–Crippen LogP) is 5.84. The van der Waals surface area contributed by atoms with Gasteiger partial charge in [0.25, 0.3) is 5.91 Å². The lowest BCUT2D eigenvalue weighted by Crippen LogP contribution is -2.78. The van der Waals surface area contributed by atoms with E-state index in [9.17, 15) is 24.2 Å². The summed E-state index contributed by atoms with van der Waals surface area (Å²) in [5.74, 6) is -0.248. The van der Waals surface area contributed by atoms with Gasteiger partial charge in [-0.2, -0.15) is 0 Å². The van der Waals surface area contributed by atoms with E-state index >= 15 is 0 Å². The monoisotopic (exact) mass is 517 g/mol. The van der Waals surface area contributed by atoms with Gasteiger partial charge in [-0.15, -0.1) is 0 Å². The minimum atomic E-state index is -1.08. The fraction of sp³-hybridized carbons (Fsp3) is 0.935. The van der Waals surface area contributed by atoms with Gasteiger partial charge in [0.2, 0.25) is 0 Å². The van der Waals surface area contributed by atoms with Crippen molar-refractivity contribution < 1.29 is 24.2 Å². The van der Waals surface area contributed by atoms with E-state index in [1.807, 2.05) is 0 Å². The lowest BCUT2D eigenvalue weighted by Gasteiger charge is -2.74. The number of carbonyl (C=O) groups excluding carboxylic acids is 1. The summed E-state index contributed by atoms with van der Waals surface area (Å²) in [6.07, 6.45) is 9.98. The number of carboxylic acid groups (broad SMARTS) is 1. The Hall–Kier alpha value is -1.17. The molecule has 6 heteroatoms. The first-order valence-electron chi connectivity index (χ1n) is 15.0. The Morgan fingerprint density at radius 2 is 1.57 bits per heavy atom. The Labute approximate surface area is 221 Å². The molecule has 1 spiro atoms. The standard InChI is InChI=1S/C31H48FNO4/c1-26(2)10-6-11-27(3)20(26)9-12-29(5)21(27)8-7-19-24-30(25(36)37,14-13-28(19,29)4)15-16-31(24)22(34)18-33(31)23(35)17-32/h19-22,24,34H,6-18H2,1-5H3,(H,36,37)/t19?,20?,21?,22?,24?,27?,28-,29?,30?,31?/m1/s1. The van der Waals surface area contributed by atoms with Crippen LogP contribution in [0.15, 0.2) is 0 Å². The number of β-amino-alcohol motifs (C(OH)–C–C–N with tert-alkyl or cyclic N) is 1. The van der Waals surface area contributed by atoms with Crippen LogP contribution in [0.4, 0.5) is 4.39 Å². The van der Waals surface area contributed by atoms with E-state index in [4.69, 9.17) is 0 Å². The van der Waals surface area contributed by atoms with Crippen molar-refractivity contribution in [3.8, 4) is 0 Å². The number of aliphatic hydroxyl groups excluding tert-OH is 1. The molecule has 6 fully saturated rings. The number of hydrogen-bond donors (Lipinski definition) is 2. The molecule has 5 nitrogen and oxygen atoms in total. The number of fused-ring (bicyclic) bond motifs is 8. The number of carboxylic acids is 1. The molecule has 0 bridgehead atoms. The lowest BCUT2D eigenvalue weighted by atomic mass is 9.32. The minimum absolute atomic E-state index is 0.0633. The number of carbonyl (C=O) groups is 2. The van der Waals surface area contributed by atoms with Gasteiger partial charge >= 0.3 is 5.97 Å². The maximum atomic E-state index is 13.7. The minimum Gasteiger partial charge on any atom is -0.481 e. The van der Waals surface area contributed by atoms with Crippen LogP contribution in [0.3, 0.4) is 0 Å². The molecule has 5 saturated carbocycles. The van der Waals surface area contributed by atoms with Gasteiger partial charge in [0.05, 0.1) is 17.1 Å². The van der Waals surface area contributed by atoms with Crippen LogP contribution in [-0.2, 0) is 9.59 Å². The van der Waals surface area contributed by atoms with Crippen LogP contribution < -0.4 is 0 Å². The highest BCUT2D eigenvalue weighted by Crippen LogP contribution is 2.78. The van der Waals surface area contributed by atoms with Crippen LogP contribution in [0.2, 0.25) is 0 Å². The molecule has 10 atom stereocenters. The fourth-order valence-corrected chi connectivity index (χ4v) is 12.8. The quantitative estimate of drug-likeness (QED) is 0.483. The molecule has 1 heterocycles. The van der Waals surface area contributed by atoms with Crippen LogP contribution in [-0.4, -0.2) is 51.9 Å². The van der Waals surface area contributed by atoms with Gasteiger partial charge in [-0.05, 0) is 104 Å². The van der Waals surface area contributed by atoms with Gasteiger partial charge in [0, 0.05) is 12.5 Å². The molecule has 6 aliphatic rings. The number of hydrogen-bond acceptors (Lipinski definition) is 3. The average molecular weight is 518 g/mol. The van der Waals surface area contributed by atoms with E-state index in [1.54, 1.807) is 4.90 Å². The van der Waals surface area contributed by atoms with Crippen molar-refractivity contribution in [3.63, 3.8) is 0 Å². The van der Waals surface area contributed by atoms with E-state index in [-0.39, 0.29) is 29.2 Å². The number of aliphatic hydroxyl groups is 1. The third-order valence-electron chi connectivity index (χ3n) is 14.6. The Morgan fingerprint density at radius 3 is 2.22 bits per heavy atom. The molecular weight excluding hydrogens is 469 g/mol. The number of amides is 1. The Balaban J connectivity index is 1.45. The smallest absolute Gasteiger partial charge is 0.310 e. The molecule has 208 valence electrons. The highest BCUT2D eigenvalue weighted by atomic mass is 19.1. The van der Waals surface area contributed by atoms with Crippen LogP contribution in [0.25, 0.3) is 0 Å². The summed E-state index contributed by atoms with van der Waals surface area (Å²) in [5.41, 5.74) is -1.18. The third kappa shape index (κ3) is 2.85. The van der Waals surface area contributed by atoms with Crippen LogP contribution >= 0.6 is 0 Å². The summed E-state index contributed by atoms with van der Waals surface area (Å²) in [6.45, 7) is 11.5. The normalized spacial score (nSPS) is 53.9. The summed E-state index contributed by atoms with van der Waals surface area (Å²) >= 11 is 0. The highest BCUT2D eigenvalue weighted by molar-refractivity contribution is 5.81. The molecule has 0 radical (unpaired) electrons. The number of rotatable bonds is 2. The second-order valence-electron chi connectivity index (χ2n) is 15.6. The zero-order chi connectivity index (χ0) is 26.8. The van der Waals surface area contributed by atoms with Crippen molar-refractivity contribution in [2.24, 2.45) is 50.7 Å². The van der Waals surface area contributed by atoms with Crippen molar-refractivity contribution in [2.45, 2.75) is 117 Å². The molecule has 37 heavy (non-hydrogen) atoms. The topological polar surface area (TPSA) is 77.8 Å². The van der Waals surface area contributed by atoms with Gasteiger partial charge < -0.3 is 15.1 Å². The summed E-state index contributed by atoms with van der Waals surface area (Å²) in [7, 11) is 0. The van der Waals surface area contributed by atoms with Gasteiger partial charge in [0.1, 0.15) is 0 Å². The number of alkyl halides is 1. The molecule has 0 aromatic carbocycles. The summed E-state index contributed by atoms with van der Waals surface area (Å²) in [5, 5.41) is 21.9. The number of halogens is 1. The van der Waals surface area contributed by atoms with Gasteiger partial charge in [-0.3, -0.25) is 9.59 Å². The third-order valence-corrected chi connectivity index (χ3v) is 14.6. The molecule has 1 saturated heterocycles. The van der Waals surface area contributed by atoms with Gasteiger partial charge in [-0.1, -0.05) is 41.0 Å². The second kappa shape index (κ2) is 7.73. The van der Waals surface area contributed by atoms with E-state index in [0.717, 1.165) is 25.2 Å². The molecule has 2 N–H and O–H groups in total. The van der Waals surface area contributed by atoms with Crippen molar-refractivity contribution in [2.75, 3.05) is 13.2 Å². The van der Waals surface area contributed by atoms with Crippen LogP contribution in [0.5, 0.6) is 0 Å². The molecule has 0 aromatic heterocycles. The lowest BCUT2D eigenvalue weighted by molar-refractivity contribution is -0.261. The summed E-state index contributed by atoms with van der Waals surface area (Å²) < 4.78 is 13.7. The molecule has 9 unspecified atom stereocenters. The number of likely N-dealkylation sites (tertiary alicyclic amines) is 1. The zero-order valence-electron chi connectivity index (χ0n) is 23.6. The largest absolute Gasteiger partial charge is 0.481 e. The van der Waals surface area contributed by atoms with Crippen molar-refractivity contribution >= 4 is 11.9 Å². The Kier molecular flexibility index (Phi) is 5.44. The maximum Gasteiger partial charge on any atom is 0.310 e. The number of nitrogens with zero attached hydrogens (tertiary/aromatic N) is 1. The first kappa shape index (κ1) is 26.1. The van der Waals surface area contributed by atoms with Crippen LogP contribution in [0, 0.1) is 50.7 Å². The molecular formula is C31H48FNO4. The second-order valence-corrected chi connectivity index (χ2v) is 15.6. The first-order valence-corrected chi connectivity index (χ1v) is 15.0. The van der Waals surface area contributed by atoms with Crippen molar-refractivity contribution in [3.05, 3.63) is 0 Å². The fourth-order valence-electron chi connectivity index (χ4n) is 12.8. The summed E-state index contributed by atoms with van der Waals surface area (Å²) in [6, 6.07) is 0. The average Bonchev–Trinajstić information content (AvgIpc) is 3.21. The first-order chi connectivity index (χ1) is 17.2. The molecule has 0 aromatic rings. The summed E-state index contributed by atoms with van der Waals surface area (Å²) in [4.78, 5) is 27.3. The number of aliphatic carboxylic acids is 1. The van der Waals surface area contributed by atoms with E-state index in [0.29, 0.717) is 36.0 Å². The van der Waals surface area contributed by atoms with Crippen molar-refractivity contribution in [1.29, 1.82) is 0 Å².